The van der Waals surface area contributed by atoms with Crippen molar-refractivity contribution < 1.29 is 4.90 Å². The van der Waals surface area contributed by atoms with Crippen LogP contribution in [0.25, 0.3) is 0 Å². The predicted molar refractivity (Wildman–Crippen MR) is 77.8 cm³/mol. The van der Waals surface area contributed by atoms with E-state index in [9.17, 15) is 0 Å². The smallest absolute Gasteiger partial charge is 0.170 e. The first-order chi connectivity index (χ1) is 7.97. The monoisotopic (exact) mass is 252 g/mol. The number of benzene rings is 1. The van der Waals surface area contributed by atoms with Gasteiger partial charge in [0.2, 0.25) is 0 Å². The molecule has 3 N–H and O–H groups in total. The third kappa shape index (κ3) is 5.65. The summed E-state index contributed by atoms with van der Waals surface area (Å²) in [4.78, 5) is 1.41. The highest BCUT2D eigenvalue weighted by Crippen LogP contribution is 2.13. The van der Waals surface area contributed by atoms with Crippen molar-refractivity contribution in [2.45, 2.75) is 13.8 Å². The van der Waals surface area contributed by atoms with Crippen molar-refractivity contribution in [3.05, 3.63) is 29.3 Å². The molecule has 17 heavy (non-hydrogen) atoms. The van der Waals surface area contributed by atoms with Crippen molar-refractivity contribution in [1.29, 1.82) is 0 Å². The molecule has 0 aliphatic heterocycles. The Labute approximate surface area is 109 Å². The van der Waals surface area contributed by atoms with E-state index in [4.69, 9.17) is 12.2 Å². The number of hydrogen-bond donors (Lipinski definition) is 3. The van der Waals surface area contributed by atoms with Crippen molar-refractivity contribution in [2.75, 3.05) is 32.5 Å². The minimum Gasteiger partial charge on any atom is -0.357 e. The van der Waals surface area contributed by atoms with E-state index in [0.29, 0.717) is 5.11 Å². The molecule has 0 aliphatic rings. The highest BCUT2D eigenvalue weighted by molar-refractivity contribution is 7.80. The van der Waals surface area contributed by atoms with Crippen molar-refractivity contribution in [2.24, 2.45) is 0 Å². The molecule has 0 fully saturated rings. The van der Waals surface area contributed by atoms with Gasteiger partial charge < -0.3 is 15.5 Å². The van der Waals surface area contributed by atoms with E-state index in [1.165, 1.54) is 16.0 Å². The maximum Gasteiger partial charge on any atom is 0.170 e. The fourth-order valence-electron chi connectivity index (χ4n) is 1.65. The van der Waals surface area contributed by atoms with Gasteiger partial charge in [-0.1, -0.05) is 6.07 Å². The van der Waals surface area contributed by atoms with Gasteiger partial charge in [-0.05, 0) is 49.3 Å². The Morgan fingerprint density at radius 2 is 1.76 bits per heavy atom. The minimum atomic E-state index is 0.691. The first-order valence-corrected chi connectivity index (χ1v) is 6.30. The second-order valence-electron chi connectivity index (χ2n) is 4.71. The summed E-state index contributed by atoms with van der Waals surface area (Å²) >= 11 is 5.24. The van der Waals surface area contributed by atoms with E-state index in [-0.39, 0.29) is 0 Å². The summed E-state index contributed by atoms with van der Waals surface area (Å²) in [6.07, 6.45) is 0. The Kier molecular flexibility index (Phi) is 5.38. The van der Waals surface area contributed by atoms with Crippen molar-refractivity contribution in [3.8, 4) is 0 Å². The zero-order valence-corrected chi connectivity index (χ0v) is 11.9. The molecule has 1 aromatic carbocycles. The Morgan fingerprint density at radius 1 is 1.18 bits per heavy atom. The van der Waals surface area contributed by atoms with Crippen LogP contribution >= 0.6 is 12.2 Å². The van der Waals surface area contributed by atoms with Crippen molar-refractivity contribution in [1.82, 2.24) is 5.32 Å². The number of likely N-dealkylation sites (N-methyl/N-ethyl adjacent to an activating group) is 1. The molecule has 94 valence electrons. The summed E-state index contributed by atoms with van der Waals surface area (Å²) in [6.45, 7) is 6.11. The average molecular weight is 252 g/mol. The van der Waals surface area contributed by atoms with Crippen LogP contribution in [-0.4, -0.2) is 32.3 Å². The summed E-state index contributed by atoms with van der Waals surface area (Å²) in [5.41, 5.74) is 3.54. The molecular weight excluding hydrogens is 230 g/mol. The Hall–Kier alpha value is -1.13. The van der Waals surface area contributed by atoms with Crippen LogP contribution < -0.4 is 15.5 Å². The van der Waals surface area contributed by atoms with E-state index in [1.54, 1.807) is 0 Å². The number of nitrogens with one attached hydrogen (secondary N) is 3. The number of rotatable bonds is 4. The fourth-order valence-corrected chi connectivity index (χ4v) is 1.87. The van der Waals surface area contributed by atoms with Crippen LogP contribution in [-0.2, 0) is 0 Å². The molecule has 0 aliphatic carbocycles. The Bertz CT molecular complexity index is 368. The molecule has 0 spiro atoms. The Balaban J connectivity index is 2.45. The van der Waals surface area contributed by atoms with Crippen molar-refractivity contribution >= 4 is 23.0 Å². The van der Waals surface area contributed by atoms with Crippen LogP contribution in [0.1, 0.15) is 11.1 Å². The van der Waals surface area contributed by atoms with E-state index in [0.717, 1.165) is 18.8 Å². The molecule has 0 amide bonds. The van der Waals surface area contributed by atoms with Crippen LogP contribution in [0.15, 0.2) is 18.2 Å². The SMILES string of the molecule is Cc1cc(C)cc(NC(=S)NCC[NH+](C)C)c1. The minimum absolute atomic E-state index is 0.691. The summed E-state index contributed by atoms with van der Waals surface area (Å²) in [6, 6.07) is 6.34. The number of thiocarbonyl (C=S) groups is 1. The third-order valence-corrected chi connectivity index (χ3v) is 2.64. The fraction of sp³-hybridized carbons (Fsp3) is 0.462. The lowest BCUT2D eigenvalue weighted by atomic mass is 10.1. The van der Waals surface area contributed by atoms with Crippen LogP contribution in [0, 0.1) is 13.8 Å². The molecule has 1 rings (SSSR count). The lowest BCUT2D eigenvalue weighted by Crippen LogP contribution is -3.06. The normalized spacial score (nSPS) is 10.4. The zero-order chi connectivity index (χ0) is 12.8. The van der Waals surface area contributed by atoms with Crippen LogP contribution in [0.3, 0.4) is 0 Å². The van der Waals surface area contributed by atoms with Crippen LogP contribution in [0.4, 0.5) is 5.69 Å². The van der Waals surface area contributed by atoms with E-state index in [1.807, 2.05) is 0 Å². The highest BCUT2D eigenvalue weighted by Gasteiger charge is 2.00. The largest absolute Gasteiger partial charge is 0.357 e. The summed E-state index contributed by atoms with van der Waals surface area (Å²) < 4.78 is 0. The van der Waals surface area contributed by atoms with Gasteiger partial charge in [-0.25, -0.2) is 0 Å². The molecular formula is C13H22N3S+. The van der Waals surface area contributed by atoms with Gasteiger partial charge in [0.15, 0.2) is 5.11 Å². The van der Waals surface area contributed by atoms with Gasteiger partial charge in [0.25, 0.3) is 0 Å². The second kappa shape index (κ2) is 6.57. The zero-order valence-electron chi connectivity index (χ0n) is 11.1. The van der Waals surface area contributed by atoms with Crippen molar-refractivity contribution in [3.63, 3.8) is 0 Å². The van der Waals surface area contributed by atoms with Gasteiger partial charge in [-0.15, -0.1) is 0 Å². The van der Waals surface area contributed by atoms with Gasteiger partial charge >= 0.3 is 0 Å². The van der Waals surface area contributed by atoms with E-state index >= 15 is 0 Å². The van der Waals surface area contributed by atoms with Gasteiger partial charge in [-0.3, -0.25) is 0 Å². The van der Waals surface area contributed by atoms with Crippen LogP contribution in [0.5, 0.6) is 0 Å². The highest BCUT2D eigenvalue weighted by atomic mass is 32.1. The molecule has 4 heteroatoms. The van der Waals surface area contributed by atoms with Gasteiger partial charge in [-0.2, -0.15) is 0 Å². The topological polar surface area (TPSA) is 28.5 Å². The van der Waals surface area contributed by atoms with E-state index < -0.39 is 0 Å². The molecule has 0 bridgehead atoms. The standard InChI is InChI=1S/C13H21N3S/c1-10-7-11(2)9-12(8-10)15-13(17)14-5-6-16(3)4/h7-9H,5-6H2,1-4H3,(H2,14,15,17)/p+1. The molecule has 0 saturated carbocycles. The molecule has 0 saturated heterocycles. The number of aryl methyl sites for hydroxylation is 2. The molecule has 0 aromatic heterocycles. The molecule has 0 radical (unpaired) electrons. The summed E-state index contributed by atoms with van der Waals surface area (Å²) in [5, 5.41) is 7.10. The quantitative estimate of drug-likeness (QED) is 0.690. The maximum atomic E-state index is 5.24. The molecule has 3 nitrogen and oxygen atoms in total. The first-order valence-electron chi connectivity index (χ1n) is 5.89. The molecule has 0 unspecified atom stereocenters. The lowest BCUT2D eigenvalue weighted by Gasteiger charge is -2.12. The van der Waals surface area contributed by atoms with E-state index in [2.05, 4.69) is 56.8 Å². The molecule has 1 aromatic rings. The third-order valence-electron chi connectivity index (χ3n) is 2.39. The lowest BCUT2D eigenvalue weighted by molar-refractivity contribution is -0.856. The number of anilines is 1. The number of hydrogen-bond acceptors (Lipinski definition) is 1. The van der Waals surface area contributed by atoms with Gasteiger partial charge in [0.1, 0.15) is 0 Å². The second-order valence-corrected chi connectivity index (χ2v) is 5.12. The van der Waals surface area contributed by atoms with Crippen LogP contribution in [0.2, 0.25) is 0 Å². The molecule has 0 heterocycles. The Morgan fingerprint density at radius 3 is 2.29 bits per heavy atom. The molecule has 0 atom stereocenters. The maximum absolute atomic E-state index is 5.24. The summed E-state index contributed by atoms with van der Waals surface area (Å²) in [7, 11) is 4.25. The van der Waals surface area contributed by atoms with Gasteiger partial charge in [0, 0.05) is 5.69 Å². The average Bonchev–Trinajstić information content (AvgIpc) is 2.14. The first kappa shape index (κ1) is 13.9. The van der Waals surface area contributed by atoms with Gasteiger partial charge in [0.05, 0.1) is 27.2 Å². The summed E-state index contributed by atoms with van der Waals surface area (Å²) in [5.74, 6) is 0. The number of quaternary nitrogens is 1. The predicted octanol–water partition coefficient (Wildman–Crippen LogP) is 0.734.